The fraction of sp³-hybridized carbons (Fsp3) is 0.611. The topological polar surface area (TPSA) is 33.6 Å². The minimum Gasteiger partial charge on any atom is -0.497 e. The van der Waals surface area contributed by atoms with Gasteiger partial charge in [0.05, 0.1) is 13.2 Å². The van der Waals surface area contributed by atoms with E-state index in [1.807, 2.05) is 12.1 Å². The highest BCUT2D eigenvalue weighted by atomic mass is 16.5. The van der Waals surface area contributed by atoms with Crippen molar-refractivity contribution in [3.63, 3.8) is 0 Å². The van der Waals surface area contributed by atoms with Gasteiger partial charge in [0.15, 0.2) is 0 Å². The van der Waals surface area contributed by atoms with E-state index in [-0.39, 0.29) is 0 Å². The van der Waals surface area contributed by atoms with Crippen molar-refractivity contribution in [2.24, 2.45) is 10.4 Å². The summed E-state index contributed by atoms with van der Waals surface area (Å²) in [5.41, 5.74) is 2.85. The van der Waals surface area contributed by atoms with Crippen molar-refractivity contribution in [2.45, 2.75) is 45.1 Å². The molecule has 1 N–H and O–H groups in total. The molecule has 1 saturated heterocycles. The molecule has 0 radical (unpaired) electrons. The maximum Gasteiger partial charge on any atom is 0.118 e. The SMILES string of the molecule is COc1ccc(C(C)=NC2CCCC23CCNCC3)cc1. The zero-order valence-corrected chi connectivity index (χ0v) is 13.2. The Morgan fingerprint density at radius 2 is 1.90 bits per heavy atom. The van der Waals surface area contributed by atoms with Gasteiger partial charge < -0.3 is 10.1 Å². The van der Waals surface area contributed by atoms with Gasteiger partial charge in [0, 0.05) is 5.71 Å². The molecule has 3 heteroatoms. The highest BCUT2D eigenvalue weighted by molar-refractivity contribution is 5.98. The van der Waals surface area contributed by atoms with Gasteiger partial charge in [-0.1, -0.05) is 6.42 Å². The summed E-state index contributed by atoms with van der Waals surface area (Å²) in [6.45, 7) is 4.47. The molecule has 1 heterocycles. The lowest BCUT2D eigenvalue weighted by Crippen LogP contribution is -2.41. The number of nitrogens with zero attached hydrogens (tertiary/aromatic N) is 1. The summed E-state index contributed by atoms with van der Waals surface area (Å²) in [5, 5.41) is 3.49. The highest BCUT2D eigenvalue weighted by Gasteiger charge is 2.43. The van der Waals surface area contributed by atoms with Crippen LogP contribution in [0.3, 0.4) is 0 Å². The zero-order chi connectivity index (χ0) is 14.7. The lowest BCUT2D eigenvalue weighted by atomic mass is 9.74. The molecule has 114 valence electrons. The first-order valence-corrected chi connectivity index (χ1v) is 8.13. The Morgan fingerprint density at radius 3 is 2.57 bits per heavy atom. The van der Waals surface area contributed by atoms with Gasteiger partial charge in [0.2, 0.25) is 0 Å². The number of ether oxygens (including phenoxy) is 1. The largest absolute Gasteiger partial charge is 0.497 e. The maximum atomic E-state index is 5.23. The summed E-state index contributed by atoms with van der Waals surface area (Å²) in [6, 6.07) is 8.78. The minimum atomic E-state index is 0.471. The Balaban J connectivity index is 1.78. The van der Waals surface area contributed by atoms with E-state index in [0.717, 1.165) is 18.8 Å². The molecule has 3 rings (SSSR count). The van der Waals surface area contributed by atoms with Crippen LogP contribution in [0, 0.1) is 5.41 Å². The zero-order valence-electron chi connectivity index (χ0n) is 13.2. The van der Waals surface area contributed by atoms with Gasteiger partial charge in [0.25, 0.3) is 0 Å². The van der Waals surface area contributed by atoms with Crippen molar-refractivity contribution in [3.8, 4) is 5.75 Å². The molecule has 1 aromatic carbocycles. The molecule has 1 aliphatic heterocycles. The van der Waals surface area contributed by atoms with Crippen molar-refractivity contribution in [1.82, 2.24) is 5.32 Å². The van der Waals surface area contributed by atoms with Crippen LogP contribution in [0.2, 0.25) is 0 Å². The molecule has 0 amide bonds. The second kappa shape index (κ2) is 6.18. The van der Waals surface area contributed by atoms with Crippen LogP contribution in [0.5, 0.6) is 5.75 Å². The fourth-order valence-corrected chi connectivity index (χ4v) is 3.97. The molecule has 1 aromatic rings. The van der Waals surface area contributed by atoms with Crippen molar-refractivity contribution in [1.29, 1.82) is 0 Å². The summed E-state index contributed by atoms with van der Waals surface area (Å²) in [5.74, 6) is 0.905. The van der Waals surface area contributed by atoms with Crippen LogP contribution >= 0.6 is 0 Å². The number of rotatable bonds is 3. The van der Waals surface area contributed by atoms with Gasteiger partial charge >= 0.3 is 0 Å². The van der Waals surface area contributed by atoms with E-state index in [2.05, 4.69) is 24.4 Å². The predicted octanol–water partition coefficient (Wildman–Crippen LogP) is 3.43. The molecule has 21 heavy (non-hydrogen) atoms. The van der Waals surface area contributed by atoms with E-state index in [4.69, 9.17) is 9.73 Å². The minimum absolute atomic E-state index is 0.471. The van der Waals surface area contributed by atoms with Crippen LogP contribution < -0.4 is 10.1 Å². The molecule has 2 aliphatic rings. The Bertz CT molecular complexity index is 500. The van der Waals surface area contributed by atoms with Gasteiger partial charge in [-0.3, -0.25) is 4.99 Å². The van der Waals surface area contributed by atoms with Gasteiger partial charge in [-0.2, -0.15) is 0 Å². The normalized spacial score (nSPS) is 25.2. The third kappa shape index (κ3) is 2.98. The molecular weight excluding hydrogens is 260 g/mol. The number of hydrogen-bond acceptors (Lipinski definition) is 3. The summed E-state index contributed by atoms with van der Waals surface area (Å²) in [6.07, 6.45) is 6.53. The van der Waals surface area contributed by atoms with Crippen LogP contribution in [0.15, 0.2) is 29.3 Å². The first-order valence-electron chi connectivity index (χ1n) is 8.13. The molecular formula is C18H26N2O. The van der Waals surface area contributed by atoms with E-state index < -0.39 is 0 Å². The first-order chi connectivity index (χ1) is 10.2. The van der Waals surface area contributed by atoms with E-state index in [0.29, 0.717) is 11.5 Å². The van der Waals surface area contributed by atoms with E-state index in [1.165, 1.54) is 43.4 Å². The van der Waals surface area contributed by atoms with Gasteiger partial charge in [-0.15, -0.1) is 0 Å². The third-order valence-corrected chi connectivity index (χ3v) is 5.32. The Labute approximate surface area is 127 Å². The molecule has 1 spiro atoms. The van der Waals surface area contributed by atoms with E-state index in [9.17, 15) is 0 Å². The number of benzene rings is 1. The summed E-state index contributed by atoms with van der Waals surface area (Å²) < 4.78 is 5.23. The molecule has 2 fully saturated rings. The standard InChI is InChI=1S/C18H26N2O/c1-14(15-5-7-16(21-2)8-6-15)20-17-4-3-9-18(17)10-12-19-13-11-18/h5-8,17,19H,3-4,9-13H2,1-2H3. The van der Waals surface area contributed by atoms with Crippen LogP contribution in [0.1, 0.15) is 44.6 Å². The van der Waals surface area contributed by atoms with Crippen LogP contribution in [0.25, 0.3) is 0 Å². The molecule has 1 unspecified atom stereocenters. The molecule has 1 aliphatic carbocycles. The van der Waals surface area contributed by atoms with Crippen LogP contribution in [-0.2, 0) is 0 Å². The molecule has 0 bridgehead atoms. The van der Waals surface area contributed by atoms with Crippen molar-refractivity contribution >= 4 is 5.71 Å². The maximum absolute atomic E-state index is 5.23. The summed E-state index contributed by atoms with van der Waals surface area (Å²) in [4.78, 5) is 5.13. The summed E-state index contributed by atoms with van der Waals surface area (Å²) in [7, 11) is 1.70. The average Bonchev–Trinajstić information content (AvgIpc) is 2.90. The quantitative estimate of drug-likeness (QED) is 0.864. The average molecular weight is 286 g/mol. The van der Waals surface area contributed by atoms with Crippen molar-refractivity contribution in [3.05, 3.63) is 29.8 Å². The van der Waals surface area contributed by atoms with E-state index in [1.54, 1.807) is 7.11 Å². The van der Waals surface area contributed by atoms with E-state index >= 15 is 0 Å². The highest BCUT2D eigenvalue weighted by Crippen LogP contribution is 2.47. The monoisotopic (exact) mass is 286 g/mol. The van der Waals surface area contributed by atoms with Crippen molar-refractivity contribution < 1.29 is 4.74 Å². The lowest BCUT2D eigenvalue weighted by Gasteiger charge is -2.37. The molecule has 1 atom stereocenters. The first kappa shape index (κ1) is 14.6. The van der Waals surface area contributed by atoms with Crippen molar-refractivity contribution in [2.75, 3.05) is 20.2 Å². The number of piperidine rings is 1. The fourth-order valence-electron chi connectivity index (χ4n) is 3.97. The van der Waals surface area contributed by atoms with Crippen LogP contribution in [0.4, 0.5) is 0 Å². The van der Waals surface area contributed by atoms with Gasteiger partial charge in [-0.25, -0.2) is 0 Å². The number of nitrogens with one attached hydrogen (secondary N) is 1. The Hall–Kier alpha value is -1.35. The number of aliphatic imine (C=N–C) groups is 1. The second-order valence-electron chi connectivity index (χ2n) is 6.46. The van der Waals surface area contributed by atoms with Gasteiger partial charge in [-0.05, 0) is 80.9 Å². The lowest BCUT2D eigenvalue weighted by molar-refractivity contribution is 0.184. The van der Waals surface area contributed by atoms with Gasteiger partial charge in [0.1, 0.15) is 5.75 Å². The second-order valence-corrected chi connectivity index (χ2v) is 6.46. The molecule has 0 aromatic heterocycles. The summed E-state index contributed by atoms with van der Waals surface area (Å²) >= 11 is 0. The Kier molecular flexibility index (Phi) is 4.29. The molecule has 1 saturated carbocycles. The number of hydrogen-bond donors (Lipinski definition) is 1. The third-order valence-electron chi connectivity index (χ3n) is 5.32. The number of methoxy groups -OCH3 is 1. The van der Waals surface area contributed by atoms with Crippen LogP contribution in [-0.4, -0.2) is 32.0 Å². The Morgan fingerprint density at radius 1 is 1.19 bits per heavy atom. The predicted molar refractivity (Wildman–Crippen MR) is 87.4 cm³/mol. The molecule has 3 nitrogen and oxygen atoms in total. The smallest absolute Gasteiger partial charge is 0.118 e.